The number of hydrogen-bond acceptors (Lipinski definition) is 6. The van der Waals surface area contributed by atoms with Crippen LogP contribution in [0.15, 0.2) is 146 Å². The molecule has 300 valence electrons. The van der Waals surface area contributed by atoms with Crippen molar-refractivity contribution in [1.29, 1.82) is 10.5 Å². The van der Waals surface area contributed by atoms with E-state index < -0.39 is 0 Å². The average Bonchev–Trinajstić information content (AvgIpc) is 3.30. The lowest BCUT2D eigenvalue weighted by atomic mass is 9.85. The van der Waals surface area contributed by atoms with Gasteiger partial charge in [-0.15, -0.1) is 0 Å². The summed E-state index contributed by atoms with van der Waals surface area (Å²) in [5, 5.41) is 22.7. The minimum atomic E-state index is -0.390. The number of nitriles is 2. The van der Waals surface area contributed by atoms with Crippen molar-refractivity contribution in [3.05, 3.63) is 190 Å². The van der Waals surface area contributed by atoms with E-state index in [4.69, 9.17) is 9.47 Å². The van der Waals surface area contributed by atoms with Gasteiger partial charge in [0.15, 0.2) is 0 Å². The number of nitrogens with one attached hydrogen (secondary N) is 1. The number of nitrogens with zero attached hydrogens (tertiary/aromatic N) is 3. The summed E-state index contributed by atoms with van der Waals surface area (Å²) < 4.78 is 12.2. The molecule has 0 radical (unpaired) electrons. The quantitative estimate of drug-likeness (QED) is 0.0913. The van der Waals surface area contributed by atoms with Crippen LogP contribution in [0.25, 0.3) is 0 Å². The molecule has 9 heteroatoms. The Morgan fingerprint density at radius 2 is 1.15 bits per heavy atom. The average molecular weight is 858 g/mol. The molecule has 0 fully saturated rings. The van der Waals surface area contributed by atoms with Crippen LogP contribution in [-0.4, -0.2) is 23.7 Å². The van der Waals surface area contributed by atoms with Gasteiger partial charge in [0.25, 0.3) is 0 Å². The number of unbranched alkanes of at least 4 members (excludes halogenated alkanes) is 2. The zero-order valence-corrected chi connectivity index (χ0v) is 34.8. The number of ether oxygens (including phenoxy) is 2. The summed E-state index contributed by atoms with van der Waals surface area (Å²) in [5.41, 5.74) is 8.77. The van der Waals surface area contributed by atoms with E-state index in [2.05, 4.69) is 39.5 Å². The fraction of sp³-hybridized carbons (Fsp3) is 0.216. The van der Waals surface area contributed by atoms with Gasteiger partial charge >= 0.3 is 0 Å². The SMILES string of the molecule is N#Cc1ccc(OCc2ccccc2)c(C2Cc3ccccc3N(CCCCCBr)C2=O)c1.N#Cc1ccc(OCc2ccccc2)c(C2Cc3ccccc3NC2=O)c1. The van der Waals surface area contributed by atoms with Gasteiger partial charge in [0.1, 0.15) is 24.7 Å². The summed E-state index contributed by atoms with van der Waals surface area (Å²) in [6.45, 7) is 1.51. The molecule has 6 aromatic carbocycles. The predicted octanol–water partition coefficient (Wildman–Crippen LogP) is 10.8. The molecule has 0 bridgehead atoms. The van der Waals surface area contributed by atoms with Crippen LogP contribution in [0.5, 0.6) is 11.5 Å². The van der Waals surface area contributed by atoms with Crippen LogP contribution < -0.4 is 19.7 Å². The van der Waals surface area contributed by atoms with E-state index in [1.54, 1.807) is 24.3 Å². The number of para-hydroxylation sites is 2. The summed E-state index contributed by atoms with van der Waals surface area (Å²) in [5.74, 6) is 0.530. The van der Waals surface area contributed by atoms with Crippen molar-refractivity contribution in [2.45, 2.75) is 57.2 Å². The van der Waals surface area contributed by atoms with E-state index in [9.17, 15) is 20.1 Å². The van der Waals surface area contributed by atoms with Crippen LogP contribution in [0.2, 0.25) is 0 Å². The molecule has 8 nitrogen and oxygen atoms in total. The Kier molecular flexibility index (Phi) is 14.1. The second kappa shape index (κ2) is 20.3. The Morgan fingerprint density at radius 1 is 0.617 bits per heavy atom. The number of alkyl halides is 1. The third-order valence-corrected chi connectivity index (χ3v) is 11.4. The Morgan fingerprint density at radius 3 is 1.75 bits per heavy atom. The van der Waals surface area contributed by atoms with E-state index in [-0.39, 0.29) is 23.7 Å². The van der Waals surface area contributed by atoms with Gasteiger partial charge in [0, 0.05) is 34.4 Å². The fourth-order valence-corrected chi connectivity index (χ4v) is 8.09. The molecule has 1 N–H and O–H groups in total. The molecule has 0 aromatic heterocycles. The summed E-state index contributed by atoms with van der Waals surface area (Å²) in [4.78, 5) is 28.4. The van der Waals surface area contributed by atoms with Crippen molar-refractivity contribution < 1.29 is 19.1 Å². The third kappa shape index (κ3) is 10.1. The number of benzene rings is 6. The first-order valence-corrected chi connectivity index (χ1v) is 21.3. The summed E-state index contributed by atoms with van der Waals surface area (Å²) >= 11 is 3.49. The van der Waals surface area contributed by atoms with Gasteiger partial charge in [-0.3, -0.25) is 9.59 Å². The second-order valence-corrected chi connectivity index (χ2v) is 15.6. The highest BCUT2D eigenvalue weighted by Gasteiger charge is 2.35. The zero-order valence-electron chi connectivity index (χ0n) is 33.2. The standard InChI is InChI=1S/C28H27BrN2O2.C23H18N2O2/c29-15-7-2-8-16-31-26-12-6-5-11-23(26)18-25(28(31)32)24-17-22(19-30)13-14-27(24)33-20-21-9-3-1-4-10-21;24-14-17-10-11-22(27-15-16-6-2-1-3-7-16)19(12-17)20-13-18-8-4-5-9-21(18)25-23(20)26/h1,3-6,9-14,17,25H,2,7-8,15-16,18,20H2;1-12,20H,13,15H2,(H,25,26). The molecule has 0 aliphatic carbocycles. The molecule has 0 saturated carbocycles. The summed E-state index contributed by atoms with van der Waals surface area (Å²) in [6.07, 6.45) is 4.29. The van der Waals surface area contributed by atoms with Gasteiger partial charge < -0.3 is 19.7 Å². The van der Waals surface area contributed by atoms with E-state index >= 15 is 0 Å². The molecule has 2 aliphatic heterocycles. The molecule has 2 unspecified atom stereocenters. The number of halogens is 1. The van der Waals surface area contributed by atoms with E-state index in [0.717, 1.165) is 69.3 Å². The Labute approximate surface area is 360 Å². The highest BCUT2D eigenvalue weighted by Crippen LogP contribution is 2.40. The lowest BCUT2D eigenvalue weighted by molar-refractivity contribution is -0.120. The van der Waals surface area contributed by atoms with Gasteiger partial charge in [-0.25, -0.2) is 0 Å². The van der Waals surface area contributed by atoms with Crippen molar-refractivity contribution >= 4 is 39.1 Å². The van der Waals surface area contributed by atoms with Crippen molar-refractivity contribution in [3.63, 3.8) is 0 Å². The first-order chi connectivity index (χ1) is 29.4. The van der Waals surface area contributed by atoms with Crippen LogP contribution in [0.4, 0.5) is 11.4 Å². The fourth-order valence-electron chi connectivity index (χ4n) is 7.69. The minimum Gasteiger partial charge on any atom is -0.489 e. The first kappa shape index (κ1) is 41.5. The van der Waals surface area contributed by atoms with E-state index in [1.807, 2.05) is 120 Å². The van der Waals surface area contributed by atoms with E-state index in [0.29, 0.717) is 55.2 Å². The number of fused-ring (bicyclic) bond motifs is 2. The maximum absolute atomic E-state index is 13.8. The monoisotopic (exact) mass is 856 g/mol. The molecule has 2 atom stereocenters. The van der Waals surface area contributed by atoms with Gasteiger partial charge in [0.2, 0.25) is 11.8 Å². The maximum atomic E-state index is 13.8. The van der Waals surface area contributed by atoms with Crippen molar-refractivity contribution in [2.24, 2.45) is 0 Å². The summed E-state index contributed by atoms with van der Waals surface area (Å²) in [7, 11) is 0. The van der Waals surface area contributed by atoms with E-state index in [1.165, 1.54) is 0 Å². The van der Waals surface area contributed by atoms with Crippen LogP contribution >= 0.6 is 15.9 Å². The zero-order chi connectivity index (χ0) is 41.7. The van der Waals surface area contributed by atoms with Crippen LogP contribution in [0.3, 0.4) is 0 Å². The lowest BCUT2D eigenvalue weighted by Gasteiger charge is -2.35. The smallest absolute Gasteiger partial charge is 0.235 e. The highest BCUT2D eigenvalue weighted by atomic mass is 79.9. The molecule has 2 aliphatic rings. The van der Waals surface area contributed by atoms with Crippen molar-refractivity contribution in [3.8, 4) is 23.6 Å². The van der Waals surface area contributed by atoms with Crippen molar-refractivity contribution in [1.82, 2.24) is 0 Å². The molecule has 8 rings (SSSR count). The van der Waals surface area contributed by atoms with Crippen LogP contribution in [-0.2, 0) is 35.6 Å². The topological polar surface area (TPSA) is 115 Å². The van der Waals surface area contributed by atoms with Crippen molar-refractivity contribution in [2.75, 3.05) is 22.1 Å². The number of amides is 2. The third-order valence-electron chi connectivity index (χ3n) is 10.8. The Balaban J connectivity index is 0.000000185. The molecule has 2 amide bonds. The second-order valence-electron chi connectivity index (χ2n) is 14.8. The number of carbonyl (C=O) groups excluding carboxylic acids is 2. The molecular formula is C51H45BrN4O4. The largest absolute Gasteiger partial charge is 0.489 e. The van der Waals surface area contributed by atoms with Gasteiger partial charge in [0.05, 0.1) is 35.1 Å². The van der Waals surface area contributed by atoms with Crippen LogP contribution in [0.1, 0.15) is 75.6 Å². The molecule has 2 heterocycles. The minimum absolute atomic E-state index is 0.0756. The Hall–Kier alpha value is -6.68. The normalized spacial score (nSPS) is 15.2. The number of hydrogen-bond donors (Lipinski definition) is 1. The number of carbonyl (C=O) groups is 2. The highest BCUT2D eigenvalue weighted by molar-refractivity contribution is 9.09. The molecule has 0 spiro atoms. The molecular weight excluding hydrogens is 812 g/mol. The van der Waals surface area contributed by atoms with Crippen LogP contribution in [0, 0.1) is 22.7 Å². The number of anilines is 2. The molecule has 6 aromatic rings. The van der Waals surface area contributed by atoms with Gasteiger partial charge in [-0.1, -0.05) is 119 Å². The maximum Gasteiger partial charge on any atom is 0.235 e. The molecule has 60 heavy (non-hydrogen) atoms. The predicted molar refractivity (Wildman–Crippen MR) is 238 cm³/mol. The number of rotatable bonds is 13. The first-order valence-electron chi connectivity index (χ1n) is 20.2. The lowest BCUT2D eigenvalue weighted by Crippen LogP contribution is -2.41. The van der Waals surface area contributed by atoms with Gasteiger partial charge in [-0.2, -0.15) is 10.5 Å². The summed E-state index contributed by atoms with van der Waals surface area (Å²) in [6, 6.07) is 50.8. The molecule has 0 saturated heterocycles. The Bertz CT molecular complexity index is 2510. The van der Waals surface area contributed by atoms with Gasteiger partial charge in [-0.05, 0) is 96.5 Å².